The fraction of sp³-hybridized carbons (Fsp3) is 0.701. The third-order valence-corrected chi connectivity index (χ3v) is 14.9. The Morgan fingerprint density at radius 1 is 0.253 bits per heavy atom. The van der Waals surface area contributed by atoms with Crippen LogP contribution in [0, 0.1) is 0 Å². The number of carbonyl (C=O) groups excluding carboxylic acids is 3. The van der Waals surface area contributed by atoms with Crippen LogP contribution in [0.25, 0.3) is 0 Å². The number of hydrogen-bond donors (Lipinski definition) is 0. The van der Waals surface area contributed by atoms with Gasteiger partial charge in [-0.05, 0) is 128 Å². The van der Waals surface area contributed by atoms with E-state index in [0.717, 1.165) is 128 Å². The van der Waals surface area contributed by atoms with E-state index in [1.807, 2.05) is 0 Å². The van der Waals surface area contributed by atoms with Crippen molar-refractivity contribution in [3.05, 3.63) is 122 Å². The maximum absolute atomic E-state index is 12.9. The predicted octanol–water partition coefficient (Wildman–Crippen LogP) is 24.3. The van der Waals surface area contributed by atoms with Crippen molar-refractivity contribution in [1.29, 1.82) is 0 Å². The highest BCUT2D eigenvalue weighted by Crippen LogP contribution is 2.17. The molecule has 83 heavy (non-hydrogen) atoms. The van der Waals surface area contributed by atoms with Gasteiger partial charge in [-0.15, -0.1) is 0 Å². The summed E-state index contributed by atoms with van der Waals surface area (Å²) in [7, 11) is 0. The zero-order valence-corrected chi connectivity index (χ0v) is 54.4. The Kier molecular flexibility index (Phi) is 66.7. The van der Waals surface area contributed by atoms with Crippen molar-refractivity contribution in [2.24, 2.45) is 0 Å². The molecule has 0 aromatic rings. The Balaban J connectivity index is 4.29. The number of carbonyl (C=O) groups is 3. The number of esters is 3. The molecule has 0 aliphatic heterocycles. The van der Waals surface area contributed by atoms with Crippen molar-refractivity contribution in [2.45, 2.75) is 335 Å². The second kappa shape index (κ2) is 70.3. The summed E-state index contributed by atoms with van der Waals surface area (Å²) in [6.45, 7) is 6.42. The number of allylic oxidation sites excluding steroid dienone is 20. The van der Waals surface area contributed by atoms with Crippen molar-refractivity contribution < 1.29 is 28.6 Å². The van der Waals surface area contributed by atoms with Crippen LogP contribution >= 0.6 is 0 Å². The lowest BCUT2D eigenvalue weighted by Crippen LogP contribution is -2.30. The van der Waals surface area contributed by atoms with Crippen molar-refractivity contribution in [3.8, 4) is 0 Å². The van der Waals surface area contributed by atoms with Crippen molar-refractivity contribution >= 4 is 17.9 Å². The van der Waals surface area contributed by atoms with E-state index in [-0.39, 0.29) is 31.1 Å². The van der Waals surface area contributed by atoms with Crippen LogP contribution < -0.4 is 0 Å². The maximum atomic E-state index is 12.9. The van der Waals surface area contributed by atoms with Crippen LogP contribution in [0.4, 0.5) is 0 Å². The molecule has 1 atom stereocenters. The van der Waals surface area contributed by atoms with E-state index in [9.17, 15) is 14.4 Å². The van der Waals surface area contributed by atoms with E-state index in [4.69, 9.17) is 14.2 Å². The molecule has 0 aromatic heterocycles. The third-order valence-electron chi connectivity index (χ3n) is 14.9. The zero-order chi connectivity index (χ0) is 59.9. The number of unbranched alkanes of at least 4 members (excludes halogenated alkanes) is 32. The first-order valence-electron chi connectivity index (χ1n) is 35.0. The Morgan fingerprint density at radius 2 is 0.470 bits per heavy atom. The van der Waals surface area contributed by atoms with E-state index >= 15 is 0 Å². The molecule has 0 aliphatic carbocycles. The van der Waals surface area contributed by atoms with E-state index in [1.54, 1.807) is 0 Å². The minimum atomic E-state index is -0.796. The highest BCUT2D eigenvalue weighted by molar-refractivity contribution is 5.71. The molecule has 0 amide bonds. The minimum absolute atomic E-state index is 0.0892. The lowest BCUT2D eigenvalue weighted by atomic mass is 10.0. The summed E-state index contributed by atoms with van der Waals surface area (Å²) in [6.07, 6.45) is 97.9. The average Bonchev–Trinajstić information content (AvgIpc) is 3.49. The molecule has 1 unspecified atom stereocenters. The summed E-state index contributed by atoms with van der Waals surface area (Å²) in [5.41, 5.74) is 0. The molecule has 474 valence electrons. The van der Waals surface area contributed by atoms with E-state index in [2.05, 4.69) is 142 Å². The molecule has 0 rings (SSSR count). The average molecular weight is 1150 g/mol. The smallest absolute Gasteiger partial charge is 0.306 e. The topological polar surface area (TPSA) is 78.9 Å². The third kappa shape index (κ3) is 68.5. The van der Waals surface area contributed by atoms with E-state index in [0.29, 0.717) is 19.3 Å². The summed E-state index contributed by atoms with van der Waals surface area (Å²) in [5, 5.41) is 0. The monoisotopic (exact) mass is 1150 g/mol. The van der Waals surface area contributed by atoms with Gasteiger partial charge in [0.25, 0.3) is 0 Å². The molecule has 0 saturated heterocycles. The van der Waals surface area contributed by atoms with Crippen LogP contribution in [-0.4, -0.2) is 37.2 Å². The van der Waals surface area contributed by atoms with Gasteiger partial charge in [0, 0.05) is 19.3 Å². The van der Waals surface area contributed by atoms with Gasteiger partial charge in [-0.25, -0.2) is 0 Å². The zero-order valence-electron chi connectivity index (χ0n) is 54.4. The largest absolute Gasteiger partial charge is 0.462 e. The number of hydrogen-bond acceptors (Lipinski definition) is 6. The predicted molar refractivity (Wildman–Crippen MR) is 362 cm³/mol. The Hall–Kier alpha value is -4.19. The number of ether oxygens (including phenoxy) is 3. The molecule has 6 nitrogen and oxygen atoms in total. The van der Waals surface area contributed by atoms with Gasteiger partial charge in [-0.3, -0.25) is 14.4 Å². The molecule has 0 heterocycles. The minimum Gasteiger partial charge on any atom is -0.462 e. The van der Waals surface area contributed by atoms with Gasteiger partial charge in [-0.2, -0.15) is 0 Å². The molecule has 0 aromatic carbocycles. The van der Waals surface area contributed by atoms with Crippen LogP contribution in [0.2, 0.25) is 0 Å². The summed E-state index contributed by atoms with van der Waals surface area (Å²) in [4.78, 5) is 38.4. The maximum Gasteiger partial charge on any atom is 0.306 e. The van der Waals surface area contributed by atoms with Gasteiger partial charge in [-0.1, -0.05) is 303 Å². The normalized spacial score (nSPS) is 12.9. The van der Waals surface area contributed by atoms with Crippen molar-refractivity contribution in [1.82, 2.24) is 0 Å². The van der Waals surface area contributed by atoms with Gasteiger partial charge in [0.2, 0.25) is 0 Å². The fourth-order valence-corrected chi connectivity index (χ4v) is 9.75. The highest BCUT2D eigenvalue weighted by atomic mass is 16.6. The van der Waals surface area contributed by atoms with E-state index < -0.39 is 6.10 Å². The summed E-state index contributed by atoms with van der Waals surface area (Å²) in [5.74, 6) is -0.906. The molecular formula is C77H130O6. The Labute approximate surface area is 513 Å². The van der Waals surface area contributed by atoms with Crippen LogP contribution in [0.1, 0.15) is 329 Å². The molecule has 0 N–H and O–H groups in total. The van der Waals surface area contributed by atoms with Crippen LogP contribution in [-0.2, 0) is 28.6 Å². The first-order valence-corrected chi connectivity index (χ1v) is 35.0. The first-order chi connectivity index (χ1) is 41.0. The standard InChI is InChI=1S/C77H130O6/c1-4-7-10-13-16-19-22-25-28-31-32-33-34-35-36-37-38-39-40-41-42-43-44-47-49-52-55-58-61-64-67-70-76(79)82-73-74(83-77(80)71-68-65-62-59-56-53-50-46-30-27-24-21-18-15-12-9-6-3)72-81-75(78)69-66-63-60-57-54-51-48-45-29-26-23-20-17-14-11-8-5-2/h7,9-10,12,16,18-19,21,25-30,32-33,35-36,50,53,74H,4-6,8,11,13-15,17,20,22-24,31,34,37-49,51-52,54-73H2,1-3H3/b10-7-,12-9-,19-16-,21-18-,28-25-,29-26-,30-27-,33-32-,36-35-,53-50-. The second-order valence-electron chi connectivity index (χ2n) is 23.0. The van der Waals surface area contributed by atoms with E-state index in [1.165, 1.54) is 161 Å². The molecule has 0 bridgehead atoms. The number of rotatable bonds is 63. The molecule has 0 saturated carbocycles. The molecule has 0 aliphatic rings. The van der Waals surface area contributed by atoms with Gasteiger partial charge in [0.05, 0.1) is 0 Å². The Morgan fingerprint density at radius 3 is 0.747 bits per heavy atom. The highest BCUT2D eigenvalue weighted by Gasteiger charge is 2.19. The van der Waals surface area contributed by atoms with Gasteiger partial charge < -0.3 is 14.2 Å². The fourth-order valence-electron chi connectivity index (χ4n) is 9.75. The van der Waals surface area contributed by atoms with Crippen molar-refractivity contribution in [2.75, 3.05) is 13.2 Å². The Bertz CT molecular complexity index is 1700. The van der Waals surface area contributed by atoms with Crippen LogP contribution in [0.5, 0.6) is 0 Å². The summed E-state index contributed by atoms with van der Waals surface area (Å²) >= 11 is 0. The quantitative estimate of drug-likeness (QED) is 0.0261. The van der Waals surface area contributed by atoms with Crippen molar-refractivity contribution in [3.63, 3.8) is 0 Å². The molecule has 0 fully saturated rings. The lowest BCUT2D eigenvalue weighted by Gasteiger charge is -2.18. The summed E-state index contributed by atoms with van der Waals surface area (Å²) in [6, 6.07) is 0. The first kappa shape index (κ1) is 78.8. The molecule has 0 spiro atoms. The SMILES string of the molecule is CC/C=C\C/C=C\C/C=C\C/C=C\C/C=C\CCCCCCCCCCCCCCCCCC(=O)OCC(COC(=O)CCCCCCCCC/C=C\CCCCCCCC)OC(=O)CCCCCC/C=C\C/C=C\C/C=C\C/C=C\CC. The molecular weight excluding hydrogens is 1020 g/mol. The van der Waals surface area contributed by atoms with Crippen LogP contribution in [0.3, 0.4) is 0 Å². The molecule has 0 radical (unpaired) electrons. The van der Waals surface area contributed by atoms with Gasteiger partial charge in [0.1, 0.15) is 13.2 Å². The van der Waals surface area contributed by atoms with Gasteiger partial charge >= 0.3 is 17.9 Å². The lowest BCUT2D eigenvalue weighted by molar-refractivity contribution is -0.167. The second-order valence-corrected chi connectivity index (χ2v) is 23.0. The van der Waals surface area contributed by atoms with Crippen LogP contribution in [0.15, 0.2) is 122 Å². The van der Waals surface area contributed by atoms with Gasteiger partial charge in [0.15, 0.2) is 6.10 Å². The summed E-state index contributed by atoms with van der Waals surface area (Å²) < 4.78 is 17.0. The molecule has 6 heteroatoms.